The normalized spacial score (nSPS) is 16.4. The average molecular weight is 481 g/mol. The lowest BCUT2D eigenvalue weighted by Gasteiger charge is -2.36. The van der Waals surface area contributed by atoms with Gasteiger partial charge in [-0.25, -0.2) is 14.4 Å². The van der Waals surface area contributed by atoms with E-state index < -0.39 is 23.7 Å². The van der Waals surface area contributed by atoms with Crippen LogP contribution in [0.15, 0.2) is 48.7 Å². The van der Waals surface area contributed by atoms with Gasteiger partial charge in [0.25, 0.3) is 0 Å². The van der Waals surface area contributed by atoms with Crippen molar-refractivity contribution >= 4 is 40.1 Å². The van der Waals surface area contributed by atoms with E-state index in [1.165, 1.54) is 6.07 Å². The molecule has 0 spiro atoms. The van der Waals surface area contributed by atoms with Crippen molar-refractivity contribution in [2.75, 3.05) is 11.4 Å². The van der Waals surface area contributed by atoms with E-state index in [2.05, 4.69) is 15.0 Å². The molecule has 0 saturated carbocycles. The summed E-state index contributed by atoms with van der Waals surface area (Å²) in [5.41, 5.74) is 1.65. The SMILES string of the molecule is Fc1c(Cl)ccc2[nH]c3c(c12)CCN(c1nccc(C(F)(F)F)n1)[C@@H]3c1ccc(Cl)cc1. The molecular weight excluding hydrogens is 467 g/mol. The van der Waals surface area contributed by atoms with E-state index in [0.29, 0.717) is 28.0 Å². The molecular formula is C22H14Cl2F4N4. The Balaban J connectivity index is 1.71. The van der Waals surface area contributed by atoms with E-state index in [-0.39, 0.29) is 17.5 Å². The molecule has 2 aromatic carbocycles. The summed E-state index contributed by atoms with van der Waals surface area (Å²) in [7, 11) is 0. The molecule has 0 aliphatic carbocycles. The van der Waals surface area contributed by atoms with Crippen LogP contribution in [0.2, 0.25) is 10.0 Å². The van der Waals surface area contributed by atoms with Crippen molar-refractivity contribution in [2.24, 2.45) is 0 Å². The number of nitrogens with zero attached hydrogens (tertiary/aromatic N) is 3. The van der Waals surface area contributed by atoms with Crippen LogP contribution in [0.1, 0.15) is 28.6 Å². The van der Waals surface area contributed by atoms with Gasteiger partial charge in [-0.2, -0.15) is 13.2 Å². The summed E-state index contributed by atoms with van der Waals surface area (Å²) < 4.78 is 54.7. The van der Waals surface area contributed by atoms with E-state index in [1.54, 1.807) is 35.2 Å². The van der Waals surface area contributed by atoms with Crippen molar-refractivity contribution in [3.05, 3.63) is 87.0 Å². The highest BCUT2D eigenvalue weighted by molar-refractivity contribution is 6.31. The van der Waals surface area contributed by atoms with Gasteiger partial charge in [0.2, 0.25) is 5.95 Å². The topological polar surface area (TPSA) is 44.8 Å². The molecule has 0 unspecified atom stereocenters. The quantitative estimate of drug-likeness (QED) is 0.329. The number of hydrogen-bond acceptors (Lipinski definition) is 3. The van der Waals surface area contributed by atoms with Crippen LogP contribution in [-0.4, -0.2) is 21.5 Å². The first-order chi connectivity index (χ1) is 15.2. The van der Waals surface area contributed by atoms with Gasteiger partial charge in [-0.1, -0.05) is 35.3 Å². The zero-order valence-corrected chi connectivity index (χ0v) is 17.7. The maximum atomic E-state index is 14.9. The lowest BCUT2D eigenvalue weighted by Crippen LogP contribution is -2.37. The number of halogens is 6. The van der Waals surface area contributed by atoms with Gasteiger partial charge >= 0.3 is 6.18 Å². The first-order valence-corrected chi connectivity index (χ1v) is 10.4. The number of benzene rings is 2. The lowest BCUT2D eigenvalue weighted by molar-refractivity contribution is -0.141. The Hall–Kier alpha value is -2.84. The molecule has 1 N–H and O–H groups in total. The zero-order valence-electron chi connectivity index (χ0n) is 16.2. The molecule has 0 saturated heterocycles. The molecule has 0 bridgehead atoms. The Morgan fingerprint density at radius 3 is 2.50 bits per heavy atom. The van der Waals surface area contributed by atoms with Crippen LogP contribution in [0, 0.1) is 5.82 Å². The minimum absolute atomic E-state index is 0.00554. The second kappa shape index (κ2) is 7.64. The van der Waals surface area contributed by atoms with Crippen LogP contribution in [-0.2, 0) is 12.6 Å². The number of nitrogens with one attached hydrogen (secondary N) is 1. The molecule has 1 aliphatic rings. The van der Waals surface area contributed by atoms with Crippen LogP contribution < -0.4 is 4.90 Å². The predicted octanol–water partition coefficient (Wildman–Crippen LogP) is 6.57. The molecule has 2 aromatic heterocycles. The number of rotatable bonds is 2. The Bertz CT molecular complexity index is 1320. The average Bonchev–Trinajstić information content (AvgIpc) is 3.15. The first-order valence-electron chi connectivity index (χ1n) is 9.65. The van der Waals surface area contributed by atoms with E-state index in [0.717, 1.165) is 23.4 Å². The number of alkyl halides is 3. The van der Waals surface area contributed by atoms with E-state index in [4.69, 9.17) is 23.2 Å². The van der Waals surface area contributed by atoms with Crippen LogP contribution >= 0.6 is 23.2 Å². The Kier molecular flexibility index (Phi) is 5.02. The molecule has 0 fully saturated rings. The van der Waals surface area contributed by atoms with Gasteiger partial charge in [-0.05, 0) is 47.9 Å². The zero-order chi connectivity index (χ0) is 22.6. The number of aromatic nitrogens is 3. The van der Waals surface area contributed by atoms with Crippen molar-refractivity contribution in [1.29, 1.82) is 0 Å². The van der Waals surface area contributed by atoms with Crippen LogP contribution in [0.25, 0.3) is 10.9 Å². The standard InChI is InChI=1S/C22H14Cl2F4N4/c23-12-3-1-11(2-4-12)20-19-13(17-15(30-19)6-5-14(24)18(17)25)8-10-32(20)21-29-9-7-16(31-21)22(26,27)28/h1-7,9,20,30H,8,10H2/t20-/m1/s1. The van der Waals surface area contributed by atoms with E-state index >= 15 is 0 Å². The highest BCUT2D eigenvalue weighted by Crippen LogP contribution is 2.42. The maximum Gasteiger partial charge on any atom is 0.433 e. The molecule has 0 amide bonds. The second-order valence-corrected chi connectivity index (χ2v) is 8.28. The summed E-state index contributed by atoms with van der Waals surface area (Å²) >= 11 is 12.0. The van der Waals surface area contributed by atoms with Gasteiger partial charge in [0, 0.05) is 34.4 Å². The summed E-state index contributed by atoms with van der Waals surface area (Å²) in [4.78, 5) is 12.8. The Labute approximate surface area is 189 Å². The van der Waals surface area contributed by atoms with Gasteiger partial charge in [0.15, 0.2) is 5.82 Å². The van der Waals surface area contributed by atoms with Crippen LogP contribution in [0.4, 0.5) is 23.5 Å². The third kappa shape index (κ3) is 3.47. The Morgan fingerprint density at radius 2 is 1.78 bits per heavy atom. The summed E-state index contributed by atoms with van der Waals surface area (Å²) in [6.45, 7) is 0.278. The summed E-state index contributed by atoms with van der Waals surface area (Å²) in [5, 5.41) is 0.906. The third-order valence-electron chi connectivity index (χ3n) is 5.55. The fraction of sp³-hybridized carbons (Fsp3) is 0.182. The number of aromatic amines is 1. The number of anilines is 1. The monoisotopic (exact) mass is 480 g/mol. The molecule has 4 nitrogen and oxygen atoms in total. The predicted molar refractivity (Wildman–Crippen MR) is 115 cm³/mol. The Morgan fingerprint density at radius 1 is 1.03 bits per heavy atom. The molecule has 1 atom stereocenters. The minimum atomic E-state index is -4.60. The summed E-state index contributed by atoms with van der Waals surface area (Å²) in [5.74, 6) is -0.595. The van der Waals surface area contributed by atoms with Gasteiger partial charge in [-0.3, -0.25) is 0 Å². The van der Waals surface area contributed by atoms with Crippen molar-refractivity contribution in [1.82, 2.24) is 15.0 Å². The van der Waals surface area contributed by atoms with Crippen molar-refractivity contribution in [3.8, 4) is 0 Å². The number of H-pyrrole nitrogens is 1. The maximum absolute atomic E-state index is 14.9. The van der Waals surface area contributed by atoms with E-state index in [1.807, 2.05) is 0 Å². The third-order valence-corrected chi connectivity index (χ3v) is 6.10. The lowest BCUT2D eigenvalue weighted by atomic mass is 9.92. The fourth-order valence-corrected chi connectivity index (χ4v) is 4.45. The highest BCUT2D eigenvalue weighted by Gasteiger charge is 2.37. The van der Waals surface area contributed by atoms with Crippen LogP contribution in [0.5, 0.6) is 0 Å². The number of hydrogen-bond donors (Lipinski definition) is 1. The highest BCUT2D eigenvalue weighted by atomic mass is 35.5. The van der Waals surface area contributed by atoms with Crippen molar-refractivity contribution in [3.63, 3.8) is 0 Å². The minimum Gasteiger partial charge on any atom is -0.356 e. The van der Waals surface area contributed by atoms with Crippen molar-refractivity contribution < 1.29 is 17.6 Å². The smallest absolute Gasteiger partial charge is 0.356 e. The molecule has 4 aromatic rings. The van der Waals surface area contributed by atoms with Gasteiger partial charge in [-0.15, -0.1) is 0 Å². The molecule has 5 rings (SSSR count). The molecule has 32 heavy (non-hydrogen) atoms. The fourth-order valence-electron chi connectivity index (χ4n) is 4.17. The molecule has 0 radical (unpaired) electrons. The molecule has 3 heterocycles. The van der Waals surface area contributed by atoms with Crippen molar-refractivity contribution in [2.45, 2.75) is 18.6 Å². The summed E-state index contributed by atoms with van der Waals surface area (Å²) in [6, 6.07) is 10.3. The molecule has 10 heteroatoms. The molecule has 1 aliphatic heterocycles. The largest absolute Gasteiger partial charge is 0.433 e. The number of fused-ring (bicyclic) bond motifs is 3. The molecule has 164 valence electrons. The van der Waals surface area contributed by atoms with Gasteiger partial charge in [0.05, 0.1) is 11.1 Å². The second-order valence-electron chi connectivity index (χ2n) is 7.44. The summed E-state index contributed by atoms with van der Waals surface area (Å²) in [6.07, 6.45) is -3.14. The van der Waals surface area contributed by atoms with Gasteiger partial charge in [0.1, 0.15) is 5.69 Å². The van der Waals surface area contributed by atoms with Crippen LogP contribution in [0.3, 0.4) is 0 Å². The first kappa shape index (κ1) is 21.0. The van der Waals surface area contributed by atoms with E-state index in [9.17, 15) is 17.6 Å². The van der Waals surface area contributed by atoms with Gasteiger partial charge < -0.3 is 9.88 Å².